The fourth-order valence-corrected chi connectivity index (χ4v) is 4.09. The Morgan fingerprint density at radius 2 is 2.03 bits per heavy atom. The third-order valence-corrected chi connectivity index (χ3v) is 5.95. The van der Waals surface area contributed by atoms with Crippen molar-refractivity contribution < 1.29 is 14.3 Å². The summed E-state index contributed by atoms with van der Waals surface area (Å²) in [6.07, 6.45) is 2.16. The highest BCUT2D eigenvalue weighted by molar-refractivity contribution is 14.1. The Balaban J connectivity index is 1.88. The van der Waals surface area contributed by atoms with Crippen molar-refractivity contribution in [2.75, 3.05) is 25.5 Å². The van der Waals surface area contributed by atoms with Gasteiger partial charge in [0.2, 0.25) is 0 Å². The summed E-state index contributed by atoms with van der Waals surface area (Å²) < 4.78 is 16.3. The maximum absolute atomic E-state index is 14.3. The van der Waals surface area contributed by atoms with Crippen molar-refractivity contribution in [3.05, 3.63) is 55.8 Å². The summed E-state index contributed by atoms with van der Waals surface area (Å²) in [7, 11) is 3.33. The number of nitrogens with one attached hydrogen (secondary N) is 2. The lowest BCUT2D eigenvalue weighted by Crippen LogP contribution is -2.71. The second kappa shape index (κ2) is 8.41. The number of rotatable bonds is 6. The van der Waals surface area contributed by atoms with E-state index >= 15 is 0 Å². The molecule has 1 amide bonds. The number of likely N-dealkylation sites (N-methyl/N-ethyl adjacent to an activating group) is 1. The van der Waals surface area contributed by atoms with Crippen LogP contribution in [0.4, 0.5) is 15.8 Å². The molecule has 1 atom stereocenters. The van der Waals surface area contributed by atoms with Gasteiger partial charge in [-0.1, -0.05) is 6.92 Å². The minimum absolute atomic E-state index is 0.120. The summed E-state index contributed by atoms with van der Waals surface area (Å²) in [6, 6.07) is 5.81. The van der Waals surface area contributed by atoms with E-state index in [9.17, 15) is 19.1 Å². The van der Waals surface area contributed by atoms with Crippen LogP contribution >= 0.6 is 22.6 Å². The van der Waals surface area contributed by atoms with Crippen molar-refractivity contribution in [1.29, 1.82) is 0 Å². The van der Waals surface area contributed by atoms with E-state index < -0.39 is 11.4 Å². The molecule has 1 aromatic carbocycles. The van der Waals surface area contributed by atoms with Gasteiger partial charge >= 0.3 is 0 Å². The molecule has 1 aromatic heterocycles. The molecule has 0 spiro atoms. The molecule has 9 heteroatoms. The number of carbonyl (C=O) groups excluding carboxylic acids is 1. The van der Waals surface area contributed by atoms with E-state index in [1.54, 1.807) is 26.2 Å². The zero-order valence-corrected chi connectivity index (χ0v) is 18.7. The maximum Gasteiger partial charge on any atom is 0.257 e. The van der Waals surface area contributed by atoms with Gasteiger partial charge < -0.3 is 25.2 Å². The lowest BCUT2D eigenvalue weighted by atomic mass is 9.84. The summed E-state index contributed by atoms with van der Waals surface area (Å²) >= 11 is 2.01. The molecule has 2 aromatic rings. The van der Waals surface area contributed by atoms with Crippen LogP contribution in [-0.2, 0) is 7.05 Å². The quantitative estimate of drug-likeness (QED) is 0.514. The molecule has 1 aliphatic rings. The molecule has 7 nitrogen and oxygen atoms in total. The van der Waals surface area contributed by atoms with Crippen LogP contribution < -0.4 is 16.2 Å². The lowest BCUT2D eigenvalue weighted by Gasteiger charge is -2.50. The van der Waals surface area contributed by atoms with E-state index in [2.05, 4.69) is 10.6 Å². The van der Waals surface area contributed by atoms with Crippen molar-refractivity contribution in [1.82, 2.24) is 14.8 Å². The number of benzene rings is 1. The summed E-state index contributed by atoms with van der Waals surface area (Å²) in [5, 5.41) is 16.7. The molecular weight excluding hydrogens is 490 g/mol. The number of likely N-dealkylation sites (tertiary alicyclic amines) is 1. The standard InChI is InChI=1S/C20H24FIN4O3/c1-4-17(23-2)20(29)10-26(11-20)19(28)13-9-25(3)18(27)8-16(13)24-15-6-5-12(22)7-14(15)21/h5-9,17,23-24,29H,4,10-11H2,1-3H3/t17-/m0/s1. The number of halogens is 2. The fraction of sp³-hybridized carbons (Fsp3) is 0.400. The van der Waals surface area contributed by atoms with Crippen molar-refractivity contribution >= 4 is 39.9 Å². The Morgan fingerprint density at radius 3 is 2.62 bits per heavy atom. The second-order valence-electron chi connectivity index (χ2n) is 7.31. The highest BCUT2D eigenvalue weighted by Gasteiger charge is 2.48. The number of aliphatic hydroxyl groups is 1. The van der Waals surface area contributed by atoms with Gasteiger partial charge in [-0.05, 0) is 54.3 Å². The normalized spacial score (nSPS) is 16.3. The first-order valence-corrected chi connectivity index (χ1v) is 10.4. The van der Waals surface area contributed by atoms with Gasteiger partial charge in [-0.15, -0.1) is 0 Å². The van der Waals surface area contributed by atoms with Gasteiger partial charge in [-0.25, -0.2) is 4.39 Å². The first-order valence-electron chi connectivity index (χ1n) is 9.30. The first kappa shape index (κ1) is 21.7. The molecule has 0 saturated carbocycles. The predicted molar refractivity (Wildman–Crippen MR) is 118 cm³/mol. The molecule has 29 heavy (non-hydrogen) atoms. The molecule has 0 aliphatic carbocycles. The molecule has 2 heterocycles. The molecule has 3 rings (SSSR count). The van der Waals surface area contributed by atoms with E-state index in [0.717, 1.165) is 9.99 Å². The fourth-order valence-electron chi connectivity index (χ4n) is 3.64. The van der Waals surface area contributed by atoms with Crippen LogP contribution in [0, 0.1) is 9.39 Å². The number of nitrogens with zero attached hydrogens (tertiary/aromatic N) is 2. The largest absolute Gasteiger partial charge is 0.385 e. The molecular formula is C20H24FIN4O3. The van der Waals surface area contributed by atoms with Gasteiger partial charge in [0.15, 0.2) is 0 Å². The highest BCUT2D eigenvalue weighted by Crippen LogP contribution is 2.30. The average molecular weight is 514 g/mol. The third kappa shape index (κ3) is 4.31. The van der Waals surface area contributed by atoms with Crippen LogP contribution in [0.3, 0.4) is 0 Å². The van der Waals surface area contributed by atoms with Crippen LogP contribution in [0.1, 0.15) is 23.7 Å². The van der Waals surface area contributed by atoms with Crippen LogP contribution in [0.2, 0.25) is 0 Å². The maximum atomic E-state index is 14.3. The molecule has 156 valence electrons. The van der Waals surface area contributed by atoms with Crippen molar-refractivity contribution in [2.24, 2.45) is 7.05 Å². The Labute approximate surface area is 182 Å². The predicted octanol–water partition coefficient (Wildman–Crippen LogP) is 2.06. The van der Waals surface area contributed by atoms with Crippen molar-refractivity contribution in [3.63, 3.8) is 0 Å². The van der Waals surface area contributed by atoms with Crippen LogP contribution in [0.5, 0.6) is 0 Å². The Kier molecular flexibility index (Phi) is 6.30. The van der Waals surface area contributed by atoms with E-state index in [-0.39, 0.29) is 47.5 Å². The van der Waals surface area contributed by atoms with E-state index in [1.165, 1.54) is 27.8 Å². The zero-order chi connectivity index (χ0) is 21.3. The molecule has 1 aliphatic heterocycles. The van der Waals surface area contributed by atoms with Crippen LogP contribution in [0.25, 0.3) is 0 Å². The number of hydrogen-bond acceptors (Lipinski definition) is 5. The summed E-state index contributed by atoms with van der Waals surface area (Å²) in [4.78, 5) is 26.7. The van der Waals surface area contributed by atoms with Gasteiger partial charge in [0.05, 0.1) is 30.0 Å². The van der Waals surface area contributed by atoms with Crippen LogP contribution in [0.15, 0.2) is 35.3 Å². The SMILES string of the molecule is CC[C@H](NC)C1(O)CN(C(=O)c2cn(C)c(=O)cc2Nc2ccc(I)cc2F)C1. The number of β-amino-alcohol motifs (C(OH)–C–C–N with tert-alkyl or cyclic N) is 1. The van der Waals surface area contributed by atoms with Crippen molar-refractivity contribution in [3.8, 4) is 0 Å². The second-order valence-corrected chi connectivity index (χ2v) is 8.56. The van der Waals surface area contributed by atoms with E-state index in [4.69, 9.17) is 0 Å². The monoisotopic (exact) mass is 514 g/mol. The number of carbonyl (C=O) groups is 1. The third-order valence-electron chi connectivity index (χ3n) is 5.28. The summed E-state index contributed by atoms with van der Waals surface area (Å²) in [5.41, 5.74) is -0.667. The van der Waals surface area contributed by atoms with Gasteiger partial charge in [0.1, 0.15) is 11.4 Å². The number of hydrogen-bond donors (Lipinski definition) is 3. The lowest BCUT2D eigenvalue weighted by molar-refractivity contribution is -0.103. The Morgan fingerprint density at radius 1 is 1.34 bits per heavy atom. The summed E-state index contributed by atoms with van der Waals surface area (Å²) in [5.74, 6) is -0.807. The first-order chi connectivity index (χ1) is 13.7. The summed E-state index contributed by atoms with van der Waals surface area (Å²) in [6.45, 7) is 2.34. The minimum Gasteiger partial charge on any atom is -0.385 e. The average Bonchev–Trinajstić information content (AvgIpc) is 2.64. The highest BCUT2D eigenvalue weighted by atomic mass is 127. The number of aryl methyl sites for hydroxylation is 1. The van der Waals surface area contributed by atoms with Gasteiger partial charge in [0.25, 0.3) is 11.5 Å². The number of anilines is 2. The molecule has 0 bridgehead atoms. The smallest absolute Gasteiger partial charge is 0.257 e. The number of aromatic nitrogens is 1. The molecule has 3 N–H and O–H groups in total. The van der Waals surface area contributed by atoms with Gasteiger partial charge in [-0.3, -0.25) is 9.59 Å². The Bertz CT molecular complexity index is 984. The number of amides is 1. The molecule has 1 saturated heterocycles. The molecule has 0 radical (unpaired) electrons. The molecule has 1 fully saturated rings. The topological polar surface area (TPSA) is 86.6 Å². The van der Waals surface area contributed by atoms with Crippen molar-refractivity contribution in [2.45, 2.75) is 25.0 Å². The van der Waals surface area contributed by atoms with E-state index in [1.807, 2.05) is 29.5 Å². The van der Waals surface area contributed by atoms with Crippen LogP contribution in [-0.4, -0.2) is 52.3 Å². The number of pyridine rings is 1. The minimum atomic E-state index is -0.990. The van der Waals surface area contributed by atoms with E-state index in [0.29, 0.717) is 0 Å². The van der Waals surface area contributed by atoms with Gasteiger partial charge in [-0.2, -0.15) is 0 Å². The molecule has 0 unspecified atom stereocenters. The zero-order valence-electron chi connectivity index (χ0n) is 16.5. The Hall–Kier alpha value is -1.98. The van der Waals surface area contributed by atoms with Gasteiger partial charge in [0, 0.05) is 28.9 Å².